The van der Waals surface area contributed by atoms with Gasteiger partial charge in [-0.15, -0.1) is 0 Å². The number of nitrogens with one attached hydrogen (secondary N) is 1. The van der Waals surface area contributed by atoms with Gasteiger partial charge in [-0.25, -0.2) is 0 Å². The average molecular weight is 300 g/mol. The summed E-state index contributed by atoms with van der Waals surface area (Å²) in [6.45, 7) is 7.44. The molecular weight excluding hydrogens is 272 g/mol. The number of benzene rings is 1. The second-order valence-corrected chi connectivity index (χ2v) is 6.99. The number of aryl methyl sites for hydroxylation is 2. The molecule has 2 fully saturated rings. The molecule has 1 aromatic carbocycles. The van der Waals surface area contributed by atoms with Crippen LogP contribution in [0.25, 0.3) is 0 Å². The normalized spacial score (nSPS) is 24.9. The molecule has 3 nitrogen and oxygen atoms in total. The molecule has 2 aliphatic heterocycles. The van der Waals surface area contributed by atoms with Gasteiger partial charge in [0.2, 0.25) is 5.91 Å². The Hall–Kier alpha value is -1.35. The molecule has 0 aliphatic carbocycles. The zero-order chi connectivity index (χ0) is 15.5. The van der Waals surface area contributed by atoms with Gasteiger partial charge in [0.15, 0.2) is 0 Å². The van der Waals surface area contributed by atoms with Gasteiger partial charge in [0.25, 0.3) is 0 Å². The Bertz CT molecular complexity index is 534. The van der Waals surface area contributed by atoms with E-state index in [1.165, 1.54) is 23.1 Å². The van der Waals surface area contributed by atoms with Crippen molar-refractivity contribution in [3.63, 3.8) is 0 Å². The third-order valence-electron chi connectivity index (χ3n) is 5.42. The Morgan fingerprint density at radius 2 is 2.14 bits per heavy atom. The Morgan fingerprint density at radius 1 is 1.27 bits per heavy atom. The molecule has 120 valence electrons. The minimum absolute atomic E-state index is 0.300. The maximum absolute atomic E-state index is 12.6. The Kier molecular flexibility index (Phi) is 4.82. The van der Waals surface area contributed by atoms with Gasteiger partial charge in [-0.1, -0.05) is 18.2 Å². The first-order chi connectivity index (χ1) is 10.6. The average Bonchev–Trinajstić information content (AvgIpc) is 3.18. The van der Waals surface area contributed by atoms with E-state index in [2.05, 4.69) is 42.3 Å². The molecule has 2 heterocycles. The zero-order valence-electron chi connectivity index (χ0n) is 13.9. The first-order valence-corrected chi connectivity index (χ1v) is 8.72. The number of hydrogen-bond donors (Lipinski definition) is 1. The third-order valence-corrected chi connectivity index (χ3v) is 5.42. The molecule has 1 aromatic rings. The summed E-state index contributed by atoms with van der Waals surface area (Å²) < 4.78 is 0. The summed E-state index contributed by atoms with van der Waals surface area (Å²) >= 11 is 0. The summed E-state index contributed by atoms with van der Waals surface area (Å²) in [6, 6.07) is 6.97. The van der Waals surface area contributed by atoms with Crippen molar-refractivity contribution < 1.29 is 4.79 Å². The molecule has 0 aromatic heterocycles. The van der Waals surface area contributed by atoms with Crippen molar-refractivity contribution in [2.75, 3.05) is 19.6 Å². The molecule has 3 rings (SSSR count). The first-order valence-electron chi connectivity index (χ1n) is 8.72. The van der Waals surface area contributed by atoms with Crippen LogP contribution in [0.2, 0.25) is 0 Å². The van der Waals surface area contributed by atoms with Crippen molar-refractivity contribution in [3.8, 4) is 0 Å². The van der Waals surface area contributed by atoms with Crippen molar-refractivity contribution in [1.29, 1.82) is 0 Å². The number of likely N-dealkylation sites (tertiary alicyclic amines) is 1. The number of hydrogen-bond acceptors (Lipinski definition) is 2. The molecule has 2 saturated heterocycles. The molecule has 1 N–H and O–H groups in total. The summed E-state index contributed by atoms with van der Waals surface area (Å²) in [5.74, 6) is 1.05. The lowest BCUT2D eigenvalue weighted by Gasteiger charge is -2.26. The van der Waals surface area contributed by atoms with Gasteiger partial charge in [0.05, 0.1) is 6.04 Å². The van der Waals surface area contributed by atoms with E-state index >= 15 is 0 Å². The van der Waals surface area contributed by atoms with Gasteiger partial charge in [-0.05, 0) is 75.2 Å². The van der Waals surface area contributed by atoms with Gasteiger partial charge in [0.1, 0.15) is 0 Å². The minimum atomic E-state index is 0.300. The highest BCUT2D eigenvalue weighted by Gasteiger charge is 2.30. The van der Waals surface area contributed by atoms with Gasteiger partial charge in [0, 0.05) is 13.0 Å². The first kappa shape index (κ1) is 15.5. The number of nitrogens with zero attached hydrogens (tertiary/aromatic N) is 1. The fourth-order valence-corrected chi connectivity index (χ4v) is 3.82. The fraction of sp³-hybridized carbons (Fsp3) is 0.632. The van der Waals surface area contributed by atoms with Crippen LogP contribution >= 0.6 is 0 Å². The zero-order valence-corrected chi connectivity index (χ0v) is 13.9. The maximum atomic E-state index is 12.6. The molecule has 2 aliphatic rings. The Morgan fingerprint density at radius 3 is 2.86 bits per heavy atom. The van der Waals surface area contributed by atoms with Gasteiger partial charge >= 0.3 is 0 Å². The van der Waals surface area contributed by atoms with Crippen LogP contribution in [-0.2, 0) is 4.79 Å². The second-order valence-electron chi connectivity index (χ2n) is 6.99. The van der Waals surface area contributed by atoms with E-state index in [1.54, 1.807) is 0 Å². The van der Waals surface area contributed by atoms with Crippen LogP contribution in [0, 0.1) is 19.8 Å². The van der Waals surface area contributed by atoms with E-state index in [0.717, 1.165) is 38.9 Å². The van der Waals surface area contributed by atoms with Crippen LogP contribution < -0.4 is 5.32 Å². The van der Waals surface area contributed by atoms with E-state index in [-0.39, 0.29) is 0 Å². The van der Waals surface area contributed by atoms with Crippen LogP contribution in [0.5, 0.6) is 0 Å². The third kappa shape index (κ3) is 3.35. The fourth-order valence-electron chi connectivity index (χ4n) is 3.82. The number of rotatable bonds is 4. The summed E-state index contributed by atoms with van der Waals surface area (Å²) in [5.41, 5.74) is 3.97. The lowest BCUT2D eigenvalue weighted by Crippen LogP contribution is -2.30. The van der Waals surface area contributed by atoms with Crippen molar-refractivity contribution in [2.45, 2.75) is 52.0 Å². The van der Waals surface area contributed by atoms with Crippen molar-refractivity contribution >= 4 is 5.91 Å². The molecule has 3 heteroatoms. The summed E-state index contributed by atoms with van der Waals surface area (Å²) in [6.07, 6.45) is 5.23. The van der Waals surface area contributed by atoms with Crippen LogP contribution in [0.1, 0.15) is 54.8 Å². The van der Waals surface area contributed by atoms with Crippen LogP contribution in [0.4, 0.5) is 0 Å². The van der Waals surface area contributed by atoms with Crippen molar-refractivity contribution in [1.82, 2.24) is 10.2 Å². The summed E-state index contributed by atoms with van der Waals surface area (Å²) in [5, 5.41) is 3.39. The largest absolute Gasteiger partial charge is 0.336 e. The minimum Gasteiger partial charge on any atom is -0.336 e. The van der Waals surface area contributed by atoms with E-state index in [1.807, 2.05) is 0 Å². The number of carbonyl (C=O) groups is 1. The molecule has 0 radical (unpaired) electrons. The second kappa shape index (κ2) is 6.82. The molecule has 2 unspecified atom stereocenters. The van der Waals surface area contributed by atoms with Gasteiger partial charge in [-0.2, -0.15) is 0 Å². The van der Waals surface area contributed by atoms with Gasteiger partial charge in [-0.3, -0.25) is 4.79 Å². The summed E-state index contributed by atoms with van der Waals surface area (Å²) in [7, 11) is 0. The Labute approximate surface area is 134 Å². The lowest BCUT2D eigenvalue weighted by atomic mass is 9.98. The molecule has 22 heavy (non-hydrogen) atoms. The van der Waals surface area contributed by atoms with E-state index < -0.39 is 0 Å². The van der Waals surface area contributed by atoms with Gasteiger partial charge < -0.3 is 10.2 Å². The molecule has 2 atom stereocenters. The van der Waals surface area contributed by atoms with Crippen molar-refractivity contribution in [2.24, 2.45) is 5.92 Å². The van der Waals surface area contributed by atoms with Crippen LogP contribution in [0.15, 0.2) is 18.2 Å². The highest BCUT2D eigenvalue weighted by atomic mass is 16.2. The van der Waals surface area contributed by atoms with E-state index in [9.17, 15) is 4.79 Å². The smallest absolute Gasteiger partial charge is 0.223 e. The lowest BCUT2D eigenvalue weighted by molar-refractivity contribution is -0.132. The number of amides is 1. The van der Waals surface area contributed by atoms with Crippen LogP contribution in [0.3, 0.4) is 0 Å². The summed E-state index contributed by atoms with van der Waals surface area (Å²) in [4.78, 5) is 14.8. The topological polar surface area (TPSA) is 32.3 Å². The van der Waals surface area contributed by atoms with E-state index in [4.69, 9.17) is 0 Å². The highest BCUT2D eigenvalue weighted by molar-refractivity contribution is 5.77. The predicted molar refractivity (Wildman–Crippen MR) is 89.8 cm³/mol. The molecular formula is C19H28N2O. The predicted octanol–water partition coefficient (Wildman–Crippen LogP) is 3.36. The molecule has 0 saturated carbocycles. The monoisotopic (exact) mass is 300 g/mol. The van der Waals surface area contributed by atoms with E-state index in [0.29, 0.717) is 24.3 Å². The quantitative estimate of drug-likeness (QED) is 0.925. The van der Waals surface area contributed by atoms with Crippen LogP contribution in [-0.4, -0.2) is 30.4 Å². The molecule has 0 bridgehead atoms. The Balaban J connectivity index is 1.64. The standard InChI is InChI=1S/C19H28N2O/c1-14-5-7-17(12-15(14)2)18-4-3-11-21(18)19(22)8-6-16-9-10-20-13-16/h5,7,12,16,18,20H,3-4,6,8-11,13H2,1-2H3. The number of carbonyl (C=O) groups excluding carboxylic acids is 1. The molecule has 1 amide bonds. The molecule has 0 spiro atoms. The maximum Gasteiger partial charge on any atom is 0.223 e. The highest BCUT2D eigenvalue weighted by Crippen LogP contribution is 2.33. The SMILES string of the molecule is Cc1ccc(C2CCCN2C(=O)CCC2CCNC2)cc1C. The van der Waals surface area contributed by atoms with Crippen molar-refractivity contribution in [3.05, 3.63) is 34.9 Å².